The van der Waals surface area contributed by atoms with Gasteiger partial charge in [0.25, 0.3) is 0 Å². The topological polar surface area (TPSA) is 9.23 Å². The van der Waals surface area contributed by atoms with E-state index in [1.54, 1.807) is 0 Å². The molecule has 0 N–H and O–H groups in total. The molecule has 0 bridgehead atoms. The lowest BCUT2D eigenvalue weighted by Crippen LogP contribution is -2.45. The Hall–Kier alpha value is 0.647. The molecular formula is C14H29IOSi. The summed E-state index contributed by atoms with van der Waals surface area (Å²) >= 11 is 2.37. The molecule has 102 valence electrons. The Morgan fingerprint density at radius 1 is 1.29 bits per heavy atom. The van der Waals surface area contributed by atoms with Gasteiger partial charge in [0.2, 0.25) is 0 Å². The predicted octanol–water partition coefficient (Wildman–Crippen LogP) is 5.76. The van der Waals surface area contributed by atoms with Gasteiger partial charge in [-0.3, -0.25) is 0 Å². The Morgan fingerprint density at radius 2 is 1.76 bits per heavy atom. The molecule has 0 saturated carbocycles. The standard InChI is InChI=1S/C14H29IOSi/c1-11(2)13(10-9-12(3)15)16-17(7,8)14(4,5)6/h9,11,13H,10H2,1-8H3/b12-9-/t13-/m0/s1. The zero-order valence-electron chi connectivity index (χ0n) is 12.7. The highest BCUT2D eigenvalue weighted by molar-refractivity contribution is 14.1. The number of hydrogen-bond acceptors (Lipinski definition) is 1. The van der Waals surface area contributed by atoms with E-state index in [1.807, 2.05) is 0 Å². The zero-order chi connectivity index (χ0) is 13.9. The fourth-order valence-electron chi connectivity index (χ4n) is 1.29. The predicted molar refractivity (Wildman–Crippen MR) is 89.3 cm³/mol. The van der Waals surface area contributed by atoms with Gasteiger partial charge in [0.05, 0.1) is 6.10 Å². The van der Waals surface area contributed by atoms with Crippen LogP contribution in [0.4, 0.5) is 0 Å². The average molecular weight is 368 g/mol. The van der Waals surface area contributed by atoms with Crippen LogP contribution in [0.5, 0.6) is 0 Å². The summed E-state index contributed by atoms with van der Waals surface area (Å²) in [6.45, 7) is 18.2. The van der Waals surface area contributed by atoms with Gasteiger partial charge in [0, 0.05) is 0 Å². The highest BCUT2D eigenvalue weighted by atomic mass is 127. The normalized spacial score (nSPS) is 16.5. The van der Waals surface area contributed by atoms with Gasteiger partial charge in [-0.1, -0.05) is 40.7 Å². The first-order chi connectivity index (χ1) is 7.47. The summed E-state index contributed by atoms with van der Waals surface area (Å²) in [5, 5.41) is 0.295. The summed E-state index contributed by atoms with van der Waals surface area (Å²) in [5.41, 5.74) is 0. The third kappa shape index (κ3) is 6.39. The van der Waals surface area contributed by atoms with E-state index < -0.39 is 8.32 Å². The number of halogens is 1. The maximum atomic E-state index is 6.51. The molecule has 1 nitrogen and oxygen atoms in total. The summed E-state index contributed by atoms with van der Waals surface area (Å²) in [6.07, 6.45) is 3.69. The molecule has 0 aromatic heterocycles. The van der Waals surface area contributed by atoms with E-state index >= 15 is 0 Å². The SMILES string of the molecule is C/C(I)=C/C[C@H](O[Si](C)(C)C(C)(C)C)C(C)C. The van der Waals surface area contributed by atoms with Crippen LogP contribution in [-0.2, 0) is 4.43 Å². The first kappa shape index (κ1) is 17.6. The minimum absolute atomic E-state index is 0.295. The van der Waals surface area contributed by atoms with Crippen molar-refractivity contribution < 1.29 is 4.43 Å². The van der Waals surface area contributed by atoms with Crippen molar-refractivity contribution in [3.63, 3.8) is 0 Å². The van der Waals surface area contributed by atoms with Crippen molar-refractivity contribution in [1.29, 1.82) is 0 Å². The van der Waals surface area contributed by atoms with E-state index in [0.29, 0.717) is 17.1 Å². The Labute approximate surface area is 123 Å². The number of hydrogen-bond donors (Lipinski definition) is 0. The molecule has 17 heavy (non-hydrogen) atoms. The summed E-state index contributed by atoms with van der Waals surface area (Å²) in [7, 11) is -1.63. The summed E-state index contributed by atoms with van der Waals surface area (Å²) in [4.78, 5) is 0. The lowest BCUT2D eigenvalue weighted by atomic mass is 10.0. The maximum absolute atomic E-state index is 6.51. The van der Waals surface area contributed by atoms with Gasteiger partial charge < -0.3 is 4.43 Å². The summed E-state index contributed by atoms with van der Waals surface area (Å²) in [6, 6.07) is 0. The van der Waals surface area contributed by atoms with Crippen molar-refractivity contribution >= 4 is 30.9 Å². The van der Waals surface area contributed by atoms with E-state index in [4.69, 9.17) is 4.43 Å². The Kier molecular flexibility index (Phi) is 6.96. The summed E-state index contributed by atoms with van der Waals surface area (Å²) < 4.78 is 7.86. The molecule has 3 heteroatoms. The third-order valence-electron chi connectivity index (χ3n) is 3.63. The number of allylic oxidation sites excluding steroid dienone is 1. The molecule has 0 spiro atoms. The fourth-order valence-corrected chi connectivity index (χ4v) is 3.02. The molecule has 0 aromatic carbocycles. The first-order valence-electron chi connectivity index (χ1n) is 6.47. The monoisotopic (exact) mass is 368 g/mol. The van der Waals surface area contributed by atoms with Gasteiger partial charge >= 0.3 is 0 Å². The van der Waals surface area contributed by atoms with Crippen LogP contribution in [0.1, 0.15) is 48.0 Å². The molecule has 0 heterocycles. The molecule has 0 unspecified atom stereocenters. The van der Waals surface area contributed by atoms with Gasteiger partial charge in [0.1, 0.15) is 0 Å². The molecule has 0 fully saturated rings. The molecule has 1 atom stereocenters. The van der Waals surface area contributed by atoms with Crippen molar-refractivity contribution in [3.05, 3.63) is 9.66 Å². The highest BCUT2D eigenvalue weighted by Crippen LogP contribution is 2.38. The van der Waals surface area contributed by atoms with Crippen LogP contribution in [-0.4, -0.2) is 14.4 Å². The Morgan fingerprint density at radius 3 is 2.06 bits per heavy atom. The van der Waals surface area contributed by atoms with Crippen LogP contribution in [0.15, 0.2) is 9.66 Å². The molecule has 0 aromatic rings. The smallest absolute Gasteiger partial charge is 0.192 e. The van der Waals surface area contributed by atoms with Crippen molar-refractivity contribution in [3.8, 4) is 0 Å². The zero-order valence-corrected chi connectivity index (χ0v) is 15.9. The molecule has 0 rings (SSSR count). The van der Waals surface area contributed by atoms with Crippen molar-refractivity contribution in [2.45, 2.75) is 72.2 Å². The molecule has 0 radical (unpaired) electrons. The third-order valence-corrected chi connectivity index (χ3v) is 8.57. The van der Waals surface area contributed by atoms with E-state index in [0.717, 1.165) is 6.42 Å². The van der Waals surface area contributed by atoms with Crippen LogP contribution in [0.2, 0.25) is 18.1 Å². The largest absolute Gasteiger partial charge is 0.413 e. The lowest BCUT2D eigenvalue weighted by molar-refractivity contribution is 0.136. The molecule has 0 saturated heterocycles. The Bertz CT molecular complexity index is 260. The second-order valence-electron chi connectivity index (χ2n) is 6.69. The van der Waals surface area contributed by atoms with E-state index in [-0.39, 0.29) is 0 Å². The van der Waals surface area contributed by atoms with Gasteiger partial charge in [-0.2, -0.15) is 0 Å². The number of rotatable bonds is 5. The second-order valence-corrected chi connectivity index (χ2v) is 13.1. The average Bonchev–Trinajstić information content (AvgIpc) is 2.09. The maximum Gasteiger partial charge on any atom is 0.192 e. The molecule has 0 aliphatic carbocycles. The van der Waals surface area contributed by atoms with Gasteiger partial charge in [-0.15, -0.1) is 0 Å². The molecule has 0 amide bonds. The van der Waals surface area contributed by atoms with Gasteiger partial charge in [-0.05, 0) is 63.6 Å². The molecule has 0 aliphatic rings. The highest BCUT2D eigenvalue weighted by Gasteiger charge is 2.39. The van der Waals surface area contributed by atoms with E-state index in [9.17, 15) is 0 Å². The van der Waals surface area contributed by atoms with Crippen LogP contribution < -0.4 is 0 Å². The van der Waals surface area contributed by atoms with Crippen LogP contribution in [0.3, 0.4) is 0 Å². The van der Waals surface area contributed by atoms with E-state index in [2.05, 4.69) is 83.3 Å². The van der Waals surface area contributed by atoms with Gasteiger partial charge in [-0.25, -0.2) is 0 Å². The first-order valence-corrected chi connectivity index (χ1v) is 10.5. The van der Waals surface area contributed by atoms with Crippen LogP contribution >= 0.6 is 22.6 Å². The minimum Gasteiger partial charge on any atom is -0.413 e. The Balaban J connectivity index is 4.72. The van der Waals surface area contributed by atoms with Crippen molar-refractivity contribution in [1.82, 2.24) is 0 Å². The molecule has 0 aliphatic heterocycles. The molecular weight excluding hydrogens is 339 g/mol. The van der Waals surface area contributed by atoms with Crippen molar-refractivity contribution in [2.75, 3.05) is 0 Å². The summed E-state index contributed by atoms with van der Waals surface area (Å²) in [5.74, 6) is 0.580. The van der Waals surface area contributed by atoms with E-state index in [1.165, 1.54) is 3.58 Å². The fraction of sp³-hybridized carbons (Fsp3) is 0.857. The van der Waals surface area contributed by atoms with Crippen molar-refractivity contribution in [2.24, 2.45) is 5.92 Å². The minimum atomic E-state index is -1.63. The lowest BCUT2D eigenvalue weighted by Gasteiger charge is -2.40. The van der Waals surface area contributed by atoms with Crippen LogP contribution in [0.25, 0.3) is 0 Å². The second kappa shape index (κ2) is 6.71. The van der Waals surface area contributed by atoms with Gasteiger partial charge in [0.15, 0.2) is 8.32 Å². The quantitative estimate of drug-likeness (QED) is 0.443. The van der Waals surface area contributed by atoms with Crippen LogP contribution in [0, 0.1) is 5.92 Å².